The number of imidazole rings is 1. The van der Waals surface area contributed by atoms with Crippen LogP contribution in [-0.4, -0.2) is 14.5 Å². The van der Waals surface area contributed by atoms with Crippen molar-refractivity contribution in [2.75, 3.05) is 0 Å². The van der Waals surface area contributed by atoms with Crippen LogP contribution in [0.4, 0.5) is 0 Å². The quantitative estimate of drug-likeness (QED) is 0.130. The van der Waals surface area contributed by atoms with Crippen LogP contribution in [0.25, 0.3) is 82.8 Å². The van der Waals surface area contributed by atoms with E-state index in [0.29, 0.717) is 11.8 Å². The van der Waals surface area contributed by atoms with Crippen LogP contribution in [0.2, 0.25) is 0 Å². The van der Waals surface area contributed by atoms with Crippen LogP contribution < -0.4 is 0 Å². The molecule has 65 heavy (non-hydrogen) atoms. The van der Waals surface area contributed by atoms with Gasteiger partial charge in [0, 0.05) is 37.4 Å². The molecule has 0 unspecified atom stereocenters. The van der Waals surface area contributed by atoms with Crippen molar-refractivity contribution >= 4 is 54.5 Å². The summed E-state index contributed by atoms with van der Waals surface area (Å²) in [6.45, 7) is 25.4. The van der Waals surface area contributed by atoms with Gasteiger partial charge in [-0.3, -0.25) is 4.98 Å². The van der Waals surface area contributed by atoms with E-state index in [0.717, 1.165) is 44.8 Å². The molecule has 0 saturated heterocycles. The number of nitrogens with zero attached hydrogens (tertiary/aromatic N) is 3. The zero-order valence-electron chi connectivity index (χ0n) is 39.4. The van der Waals surface area contributed by atoms with Gasteiger partial charge in [0.15, 0.2) is 0 Å². The van der Waals surface area contributed by atoms with Gasteiger partial charge in [-0.25, -0.2) is 0 Å². The van der Waals surface area contributed by atoms with Crippen molar-refractivity contribution in [2.24, 2.45) is 0 Å². The van der Waals surface area contributed by atoms with Crippen molar-refractivity contribution in [1.29, 1.82) is 0 Å². The molecule has 1 radical (unpaired) electrons. The Balaban J connectivity index is 0.000000170. The molecular formula is C60H57IrN3O-2. The Kier molecular flexibility index (Phi) is 11.1. The number of benzene rings is 7. The third-order valence-corrected chi connectivity index (χ3v) is 14.4. The number of aromatic nitrogens is 3. The molecule has 0 saturated carbocycles. The molecule has 0 aliphatic heterocycles. The van der Waals surface area contributed by atoms with E-state index < -0.39 is 0 Å². The van der Waals surface area contributed by atoms with Crippen molar-refractivity contribution in [1.82, 2.24) is 14.5 Å². The number of furan rings is 1. The van der Waals surface area contributed by atoms with E-state index in [-0.39, 0.29) is 36.4 Å². The Hall–Kier alpha value is -5.87. The fraction of sp³-hybridized carbons (Fsp3) is 0.267. The fourth-order valence-corrected chi connectivity index (χ4v) is 10.4. The molecule has 1 aliphatic rings. The van der Waals surface area contributed by atoms with Gasteiger partial charge in [-0.15, -0.1) is 59.2 Å². The third-order valence-electron chi connectivity index (χ3n) is 14.4. The van der Waals surface area contributed by atoms with E-state index in [4.69, 9.17) is 14.4 Å². The Morgan fingerprint density at radius 2 is 1.32 bits per heavy atom. The van der Waals surface area contributed by atoms with E-state index in [9.17, 15) is 0 Å². The second-order valence-electron chi connectivity index (χ2n) is 20.4. The second kappa shape index (κ2) is 16.2. The van der Waals surface area contributed by atoms with Gasteiger partial charge in [0.25, 0.3) is 0 Å². The Bertz CT molecular complexity index is 3410. The molecule has 3 aromatic heterocycles. The van der Waals surface area contributed by atoms with Crippen molar-refractivity contribution in [3.63, 3.8) is 0 Å². The molecular weight excluding hydrogens is 971 g/mol. The minimum atomic E-state index is -0.170. The molecule has 1 aliphatic carbocycles. The number of fused-ring (bicyclic) bond motifs is 12. The smallest absolute Gasteiger partial charge is 0.121 e. The minimum Gasteiger partial charge on any atom is -0.500 e. The summed E-state index contributed by atoms with van der Waals surface area (Å²) in [6, 6.07) is 52.1. The van der Waals surface area contributed by atoms with Crippen molar-refractivity contribution < 1.29 is 24.5 Å². The minimum absolute atomic E-state index is 0. The van der Waals surface area contributed by atoms with Gasteiger partial charge in [-0.1, -0.05) is 154 Å². The second-order valence-corrected chi connectivity index (χ2v) is 20.4. The van der Waals surface area contributed by atoms with E-state index >= 15 is 0 Å². The molecule has 10 aromatic rings. The topological polar surface area (TPSA) is 43.9 Å². The summed E-state index contributed by atoms with van der Waals surface area (Å²) >= 11 is 0. The van der Waals surface area contributed by atoms with Crippen LogP contribution in [0, 0.1) is 12.1 Å². The summed E-state index contributed by atoms with van der Waals surface area (Å²) in [5.41, 5.74) is 14.7. The molecule has 0 N–H and O–H groups in total. The number of para-hydroxylation sites is 3. The summed E-state index contributed by atoms with van der Waals surface area (Å²) in [5.74, 6) is 1.80. The van der Waals surface area contributed by atoms with Crippen molar-refractivity contribution in [3.8, 4) is 28.3 Å². The molecule has 0 spiro atoms. The molecule has 7 aromatic carbocycles. The van der Waals surface area contributed by atoms with E-state index in [1.54, 1.807) is 0 Å². The van der Waals surface area contributed by atoms with Gasteiger partial charge in [-0.05, 0) is 102 Å². The van der Waals surface area contributed by atoms with Gasteiger partial charge in [0.2, 0.25) is 0 Å². The predicted molar refractivity (Wildman–Crippen MR) is 269 cm³/mol. The number of rotatable bonds is 4. The first-order chi connectivity index (χ1) is 30.6. The molecule has 0 fully saturated rings. The number of hydrogen-bond donors (Lipinski definition) is 0. The van der Waals surface area contributed by atoms with Crippen molar-refractivity contribution in [3.05, 3.63) is 174 Å². The van der Waals surface area contributed by atoms with Crippen LogP contribution in [0.1, 0.15) is 116 Å². The van der Waals surface area contributed by atoms with E-state index in [2.05, 4.69) is 196 Å². The zero-order valence-corrected chi connectivity index (χ0v) is 41.8. The normalized spacial score (nSPS) is 14.2. The SMILES string of the molecule is CC(C)(C)c1cc2c(ccc3oc4c[c-]c5c(c4c32)C(C)(C)C(C)(C)c2cccnc2-5)c2ccccc12.CC(C)c1cccc(C(C)C)c1-n1c(-c2[c-]cccc2)nc2ccccc21.[Ir]. The van der Waals surface area contributed by atoms with Crippen LogP contribution >= 0.6 is 0 Å². The summed E-state index contributed by atoms with van der Waals surface area (Å²) in [5, 5.41) is 7.56. The average Bonchev–Trinajstić information content (AvgIpc) is 3.87. The van der Waals surface area contributed by atoms with Crippen LogP contribution in [-0.2, 0) is 36.4 Å². The van der Waals surface area contributed by atoms with E-state index in [1.807, 2.05) is 30.5 Å². The van der Waals surface area contributed by atoms with Crippen LogP contribution in [0.15, 0.2) is 138 Å². The fourth-order valence-electron chi connectivity index (χ4n) is 10.4. The van der Waals surface area contributed by atoms with Crippen LogP contribution in [0.3, 0.4) is 0 Å². The molecule has 3 heterocycles. The number of hydrogen-bond acceptors (Lipinski definition) is 3. The Labute approximate surface area is 397 Å². The largest absolute Gasteiger partial charge is 0.500 e. The first-order valence-corrected chi connectivity index (χ1v) is 22.9. The molecule has 329 valence electrons. The monoisotopic (exact) mass is 1030 g/mol. The molecule has 0 atom stereocenters. The summed E-state index contributed by atoms with van der Waals surface area (Å²) < 4.78 is 8.90. The summed E-state index contributed by atoms with van der Waals surface area (Å²) in [7, 11) is 0. The Morgan fingerprint density at radius 3 is 2.02 bits per heavy atom. The maximum absolute atomic E-state index is 6.56. The number of pyridine rings is 1. The van der Waals surface area contributed by atoms with Gasteiger partial charge in [-0.2, -0.15) is 0 Å². The molecule has 0 bridgehead atoms. The summed E-state index contributed by atoms with van der Waals surface area (Å²) in [6.07, 6.45) is 1.90. The molecule has 11 rings (SSSR count). The van der Waals surface area contributed by atoms with Gasteiger partial charge < -0.3 is 14.0 Å². The van der Waals surface area contributed by atoms with Gasteiger partial charge in [0.05, 0.1) is 22.4 Å². The molecule has 0 amide bonds. The average molecular weight is 1030 g/mol. The maximum atomic E-state index is 6.56. The van der Waals surface area contributed by atoms with E-state index in [1.165, 1.54) is 65.8 Å². The summed E-state index contributed by atoms with van der Waals surface area (Å²) in [4.78, 5) is 9.87. The third kappa shape index (κ3) is 6.97. The van der Waals surface area contributed by atoms with Gasteiger partial charge in [0.1, 0.15) is 5.58 Å². The standard InChI is InChI=1S/C35H32NO.C25H25N2.Ir/c1-33(2,3)26-19-24-21(20-11-8-9-12-22(20)26)14-16-27-29(24)30-28(37-27)17-15-23-31(30)35(6,7)34(4,5)25-13-10-18-36-32(23)25;1-17(2)20-13-10-14-21(18(3)4)24(20)27-23-16-9-8-15-22(23)26-25(27)19-11-6-5-7-12-19;/h8-14,16-19H,1-7H3;5-11,13-18H,1-4H3;/q2*-1;. The first kappa shape index (κ1) is 44.3. The predicted octanol–water partition coefficient (Wildman–Crippen LogP) is 16.4. The van der Waals surface area contributed by atoms with Gasteiger partial charge >= 0.3 is 0 Å². The van der Waals surface area contributed by atoms with Crippen LogP contribution in [0.5, 0.6) is 0 Å². The van der Waals surface area contributed by atoms with Crippen molar-refractivity contribution in [2.45, 2.75) is 104 Å². The Morgan fingerprint density at radius 1 is 0.646 bits per heavy atom. The zero-order chi connectivity index (χ0) is 44.9. The first-order valence-electron chi connectivity index (χ1n) is 22.9. The molecule has 5 heteroatoms. The maximum Gasteiger partial charge on any atom is 0.121 e. The molecule has 4 nitrogen and oxygen atoms in total.